The summed E-state index contributed by atoms with van der Waals surface area (Å²) < 4.78 is 0. The van der Waals surface area contributed by atoms with Crippen molar-refractivity contribution in [3.8, 4) is 0 Å². The molecule has 0 aliphatic rings. The molecule has 1 atom stereocenters. The summed E-state index contributed by atoms with van der Waals surface area (Å²) in [6, 6.07) is 9.04. The van der Waals surface area contributed by atoms with Gasteiger partial charge in [0.05, 0.1) is 0 Å². The van der Waals surface area contributed by atoms with Crippen molar-refractivity contribution in [3.63, 3.8) is 0 Å². The largest absolute Gasteiger partial charge is 0.310 e. The van der Waals surface area contributed by atoms with Crippen LogP contribution in [0.25, 0.3) is 6.08 Å². The maximum absolute atomic E-state index is 3.83. The van der Waals surface area contributed by atoms with Crippen molar-refractivity contribution in [1.82, 2.24) is 5.32 Å². The Kier molecular flexibility index (Phi) is 9.06. The summed E-state index contributed by atoms with van der Waals surface area (Å²) in [5.74, 6) is 0. The first-order chi connectivity index (χ1) is 9.77. The molecule has 1 aromatic rings. The topological polar surface area (TPSA) is 12.0 Å². The third kappa shape index (κ3) is 6.91. The summed E-state index contributed by atoms with van der Waals surface area (Å²) in [6.45, 7) is 9.46. The van der Waals surface area contributed by atoms with Crippen molar-refractivity contribution in [1.29, 1.82) is 0 Å². The number of rotatable bonds is 11. The number of benzene rings is 1. The number of unbranched alkanes of at least 4 members (excludes halogenated alkanes) is 6. The van der Waals surface area contributed by atoms with Crippen molar-refractivity contribution in [3.05, 3.63) is 42.0 Å². The zero-order chi connectivity index (χ0) is 14.6. The molecule has 0 saturated heterocycles. The minimum absolute atomic E-state index is 0.426. The van der Waals surface area contributed by atoms with E-state index >= 15 is 0 Å². The first-order valence-corrected chi connectivity index (χ1v) is 8.23. The van der Waals surface area contributed by atoms with Crippen LogP contribution in [0.1, 0.15) is 76.0 Å². The van der Waals surface area contributed by atoms with Gasteiger partial charge in [-0.25, -0.2) is 0 Å². The predicted octanol–water partition coefficient (Wildman–Crippen LogP) is 5.73. The number of hydrogen-bond donors (Lipinski definition) is 1. The van der Waals surface area contributed by atoms with Crippen molar-refractivity contribution >= 4 is 6.08 Å². The Bertz CT molecular complexity index is 370. The number of hydrogen-bond acceptors (Lipinski definition) is 1. The normalized spacial score (nSPS) is 12.3. The van der Waals surface area contributed by atoms with Gasteiger partial charge in [0.1, 0.15) is 0 Å². The molecule has 20 heavy (non-hydrogen) atoms. The molecule has 0 heterocycles. The highest BCUT2D eigenvalue weighted by atomic mass is 14.9. The molecule has 1 aromatic carbocycles. The lowest BCUT2D eigenvalue weighted by molar-refractivity contribution is 0.524. The molecule has 1 rings (SSSR count). The first-order valence-electron chi connectivity index (χ1n) is 8.23. The van der Waals surface area contributed by atoms with Crippen molar-refractivity contribution in [2.45, 2.75) is 64.8 Å². The average Bonchev–Trinajstić information content (AvgIpc) is 2.49. The van der Waals surface area contributed by atoms with E-state index in [2.05, 4.69) is 50.0 Å². The molecule has 0 aromatic heterocycles. The maximum Gasteiger partial charge on any atom is 0.0292 e. The van der Waals surface area contributed by atoms with E-state index < -0.39 is 0 Å². The summed E-state index contributed by atoms with van der Waals surface area (Å²) in [4.78, 5) is 0. The van der Waals surface area contributed by atoms with Crippen LogP contribution in [0.5, 0.6) is 0 Å². The van der Waals surface area contributed by atoms with Crippen LogP contribution in [-0.4, -0.2) is 6.54 Å². The second kappa shape index (κ2) is 10.7. The Hall–Kier alpha value is -1.08. The van der Waals surface area contributed by atoms with Gasteiger partial charge in [-0.15, -0.1) is 0 Å². The second-order valence-corrected chi connectivity index (χ2v) is 5.67. The zero-order valence-corrected chi connectivity index (χ0v) is 13.3. The monoisotopic (exact) mass is 273 g/mol. The fraction of sp³-hybridized carbons (Fsp3) is 0.579. The maximum atomic E-state index is 3.83. The van der Waals surface area contributed by atoms with Gasteiger partial charge in [0.2, 0.25) is 0 Å². The van der Waals surface area contributed by atoms with Gasteiger partial charge in [0, 0.05) is 6.04 Å². The predicted molar refractivity (Wildman–Crippen MR) is 90.9 cm³/mol. The van der Waals surface area contributed by atoms with E-state index in [-0.39, 0.29) is 0 Å². The lowest BCUT2D eigenvalue weighted by Gasteiger charge is -2.14. The summed E-state index contributed by atoms with van der Waals surface area (Å²) in [5.41, 5.74) is 2.55. The highest BCUT2D eigenvalue weighted by Crippen LogP contribution is 2.15. The highest BCUT2D eigenvalue weighted by Gasteiger charge is 2.04. The molecule has 0 bridgehead atoms. The van der Waals surface area contributed by atoms with Crippen molar-refractivity contribution in [2.75, 3.05) is 6.54 Å². The number of nitrogens with one attached hydrogen (secondary N) is 1. The van der Waals surface area contributed by atoms with E-state index in [0.29, 0.717) is 6.04 Å². The van der Waals surface area contributed by atoms with Crippen molar-refractivity contribution in [2.24, 2.45) is 0 Å². The molecule has 0 unspecified atom stereocenters. The third-order valence-electron chi connectivity index (χ3n) is 3.88. The van der Waals surface area contributed by atoms with E-state index in [9.17, 15) is 0 Å². The van der Waals surface area contributed by atoms with E-state index in [1.54, 1.807) is 0 Å². The minimum Gasteiger partial charge on any atom is -0.310 e. The van der Waals surface area contributed by atoms with Gasteiger partial charge in [0.15, 0.2) is 0 Å². The zero-order valence-electron chi connectivity index (χ0n) is 13.3. The third-order valence-corrected chi connectivity index (χ3v) is 3.88. The van der Waals surface area contributed by atoms with Crippen molar-refractivity contribution < 1.29 is 0 Å². The Labute approximate surface area is 125 Å². The van der Waals surface area contributed by atoms with Crippen LogP contribution < -0.4 is 5.32 Å². The van der Waals surface area contributed by atoms with E-state index in [1.165, 1.54) is 56.1 Å². The minimum atomic E-state index is 0.426. The van der Waals surface area contributed by atoms with Crippen LogP contribution in [0.3, 0.4) is 0 Å². The van der Waals surface area contributed by atoms with Gasteiger partial charge in [-0.1, -0.05) is 82.4 Å². The molecule has 112 valence electrons. The molecule has 1 nitrogen and oxygen atoms in total. The van der Waals surface area contributed by atoms with E-state index in [4.69, 9.17) is 0 Å². The van der Waals surface area contributed by atoms with Crippen LogP contribution >= 0.6 is 0 Å². The lowest BCUT2D eigenvalue weighted by Crippen LogP contribution is -2.19. The molecule has 0 amide bonds. The van der Waals surface area contributed by atoms with Gasteiger partial charge in [-0.2, -0.15) is 0 Å². The average molecular weight is 273 g/mol. The lowest BCUT2D eigenvalue weighted by atomic mass is 10.0. The molecule has 1 N–H and O–H groups in total. The Morgan fingerprint density at radius 1 is 1.10 bits per heavy atom. The molecular formula is C19H31N. The Balaban J connectivity index is 2.13. The molecular weight excluding hydrogens is 242 g/mol. The van der Waals surface area contributed by atoms with Gasteiger partial charge in [-0.05, 0) is 31.0 Å². The SMILES string of the molecule is C=Cc1cccc([C@@H](C)NCCCCCCCCC)c1. The Morgan fingerprint density at radius 2 is 1.80 bits per heavy atom. The molecule has 0 fully saturated rings. The van der Waals surface area contributed by atoms with Crippen LogP contribution in [-0.2, 0) is 0 Å². The molecule has 1 heteroatoms. The fourth-order valence-corrected chi connectivity index (χ4v) is 2.47. The summed E-state index contributed by atoms with van der Waals surface area (Å²) >= 11 is 0. The van der Waals surface area contributed by atoms with Crippen LogP contribution in [0.4, 0.5) is 0 Å². The molecule has 0 radical (unpaired) electrons. The molecule has 0 saturated carbocycles. The van der Waals surface area contributed by atoms with Gasteiger partial charge in [0.25, 0.3) is 0 Å². The summed E-state index contributed by atoms with van der Waals surface area (Å²) in [5, 5.41) is 3.62. The van der Waals surface area contributed by atoms with E-state index in [1.807, 2.05) is 6.08 Å². The standard InChI is InChI=1S/C19H31N/c1-4-6-7-8-9-10-11-15-20-17(3)19-14-12-13-18(5-2)16-19/h5,12-14,16-17,20H,2,4,6-11,15H2,1,3H3/t17-/m1/s1. The molecule has 0 aliphatic carbocycles. The van der Waals surface area contributed by atoms with Crippen LogP contribution in [0, 0.1) is 0 Å². The van der Waals surface area contributed by atoms with Gasteiger partial charge < -0.3 is 5.32 Å². The highest BCUT2D eigenvalue weighted by molar-refractivity contribution is 5.48. The quantitative estimate of drug-likeness (QED) is 0.508. The first kappa shape index (κ1) is 17.0. The summed E-state index contributed by atoms with van der Waals surface area (Å²) in [6.07, 6.45) is 11.5. The fourth-order valence-electron chi connectivity index (χ4n) is 2.47. The Morgan fingerprint density at radius 3 is 2.50 bits per heavy atom. The van der Waals surface area contributed by atoms with E-state index in [0.717, 1.165) is 6.54 Å². The van der Waals surface area contributed by atoms with Crippen LogP contribution in [0.15, 0.2) is 30.8 Å². The summed E-state index contributed by atoms with van der Waals surface area (Å²) in [7, 11) is 0. The smallest absolute Gasteiger partial charge is 0.0292 e. The van der Waals surface area contributed by atoms with Gasteiger partial charge >= 0.3 is 0 Å². The van der Waals surface area contributed by atoms with Gasteiger partial charge in [-0.3, -0.25) is 0 Å². The second-order valence-electron chi connectivity index (χ2n) is 5.67. The molecule has 0 spiro atoms. The van der Waals surface area contributed by atoms with Crippen LogP contribution in [0.2, 0.25) is 0 Å². The molecule has 0 aliphatic heterocycles.